The Morgan fingerprint density at radius 3 is 2.62 bits per heavy atom. The van der Waals surface area contributed by atoms with Gasteiger partial charge in [-0.3, -0.25) is 9.59 Å². The molecule has 1 heterocycles. The topological polar surface area (TPSA) is 93.4 Å². The first-order valence-corrected chi connectivity index (χ1v) is 5.43. The number of nitrogens with one attached hydrogen (secondary N) is 2. The van der Waals surface area contributed by atoms with Gasteiger partial charge in [-0.2, -0.15) is 0 Å². The van der Waals surface area contributed by atoms with E-state index < -0.39 is 18.0 Å². The van der Waals surface area contributed by atoms with Gasteiger partial charge in [-0.1, -0.05) is 13.8 Å². The summed E-state index contributed by atoms with van der Waals surface area (Å²) in [6.45, 7) is 5.24. The minimum Gasteiger partial charge on any atom is -0.378 e. The molecule has 6 nitrogen and oxygen atoms in total. The number of primary amides is 1. The van der Waals surface area contributed by atoms with Crippen molar-refractivity contribution in [3.05, 3.63) is 0 Å². The average molecular weight is 229 g/mol. The van der Waals surface area contributed by atoms with Crippen LogP contribution < -0.4 is 16.4 Å². The fraction of sp³-hybridized carbons (Fsp3) is 0.800. The van der Waals surface area contributed by atoms with Gasteiger partial charge in [0.15, 0.2) is 0 Å². The van der Waals surface area contributed by atoms with Crippen LogP contribution >= 0.6 is 0 Å². The van der Waals surface area contributed by atoms with E-state index in [9.17, 15) is 9.59 Å². The molecular weight excluding hydrogens is 210 g/mol. The summed E-state index contributed by atoms with van der Waals surface area (Å²) in [5, 5.41) is 5.64. The van der Waals surface area contributed by atoms with E-state index in [0.29, 0.717) is 19.8 Å². The number of hydrogen-bond donors (Lipinski definition) is 3. The fourth-order valence-electron chi connectivity index (χ4n) is 1.55. The lowest BCUT2D eigenvalue weighted by Gasteiger charge is -2.26. The first-order chi connectivity index (χ1) is 7.52. The Labute approximate surface area is 94.9 Å². The van der Waals surface area contributed by atoms with E-state index in [2.05, 4.69) is 10.6 Å². The predicted octanol–water partition coefficient (Wildman–Crippen LogP) is -1.40. The zero-order valence-electron chi connectivity index (χ0n) is 9.66. The van der Waals surface area contributed by atoms with Crippen LogP contribution in [-0.4, -0.2) is 43.7 Å². The molecule has 1 aliphatic heterocycles. The molecule has 0 bridgehead atoms. The first-order valence-electron chi connectivity index (χ1n) is 5.43. The van der Waals surface area contributed by atoms with Crippen LogP contribution in [0.5, 0.6) is 0 Å². The van der Waals surface area contributed by atoms with E-state index in [-0.39, 0.29) is 11.8 Å². The molecule has 0 spiro atoms. The quantitative estimate of drug-likeness (QED) is 0.553. The Morgan fingerprint density at radius 1 is 1.50 bits per heavy atom. The van der Waals surface area contributed by atoms with Crippen molar-refractivity contribution >= 4 is 11.8 Å². The van der Waals surface area contributed by atoms with Crippen molar-refractivity contribution in [1.82, 2.24) is 10.6 Å². The standard InChI is InChI=1S/C10H19N3O3/c1-6(2)8(9(11)14)13-10(15)7-5-16-4-3-12-7/h6-8,12H,3-5H2,1-2H3,(H2,11,14)(H,13,15). The van der Waals surface area contributed by atoms with E-state index >= 15 is 0 Å². The summed E-state index contributed by atoms with van der Waals surface area (Å²) in [6, 6.07) is -1.02. The molecule has 0 radical (unpaired) electrons. The first kappa shape index (κ1) is 12.9. The van der Waals surface area contributed by atoms with E-state index in [0.717, 1.165) is 0 Å². The molecule has 1 rings (SSSR count). The fourth-order valence-corrected chi connectivity index (χ4v) is 1.55. The van der Waals surface area contributed by atoms with Gasteiger partial charge in [-0.05, 0) is 5.92 Å². The lowest BCUT2D eigenvalue weighted by Crippen LogP contribution is -2.56. The Bertz CT molecular complexity index is 262. The van der Waals surface area contributed by atoms with Gasteiger partial charge in [0.2, 0.25) is 11.8 Å². The molecule has 0 aromatic heterocycles. The molecule has 0 aliphatic carbocycles. The smallest absolute Gasteiger partial charge is 0.240 e. The number of rotatable bonds is 4. The molecule has 92 valence electrons. The summed E-state index contributed by atoms with van der Waals surface area (Å²) in [6.07, 6.45) is 0. The molecule has 1 aliphatic rings. The minimum atomic E-state index is -0.628. The monoisotopic (exact) mass is 229 g/mol. The number of amides is 2. The molecule has 4 N–H and O–H groups in total. The predicted molar refractivity (Wildman–Crippen MR) is 58.6 cm³/mol. The third kappa shape index (κ3) is 3.46. The Hall–Kier alpha value is -1.14. The number of hydrogen-bond acceptors (Lipinski definition) is 4. The van der Waals surface area contributed by atoms with Gasteiger partial charge >= 0.3 is 0 Å². The Balaban J connectivity index is 2.50. The molecule has 0 aromatic carbocycles. The summed E-state index contributed by atoms with van der Waals surface area (Å²) in [5.41, 5.74) is 5.21. The Kier molecular flexibility index (Phi) is 4.70. The summed E-state index contributed by atoms with van der Waals surface area (Å²) in [7, 11) is 0. The second-order valence-corrected chi connectivity index (χ2v) is 4.21. The second kappa shape index (κ2) is 5.81. The molecular formula is C10H19N3O3. The lowest BCUT2D eigenvalue weighted by molar-refractivity contribution is -0.131. The van der Waals surface area contributed by atoms with Crippen LogP contribution in [0, 0.1) is 5.92 Å². The second-order valence-electron chi connectivity index (χ2n) is 4.21. The van der Waals surface area contributed by atoms with Crippen molar-refractivity contribution < 1.29 is 14.3 Å². The summed E-state index contributed by atoms with van der Waals surface area (Å²) in [5.74, 6) is -0.775. The van der Waals surface area contributed by atoms with Gasteiger partial charge in [0.05, 0.1) is 13.2 Å². The van der Waals surface area contributed by atoms with Crippen LogP contribution in [0.2, 0.25) is 0 Å². The van der Waals surface area contributed by atoms with Crippen LogP contribution in [0.3, 0.4) is 0 Å². The number of nitrogens with two attached hydrogens (primary N) is 1. The zero-order chi connectivity index (χ0) is 12.1. The highest BCUT2D eigenvalue weighted by Gasteiger charge is 2.27. The molecule has 1 fully saturated rings. The van der Waals surface area contributed by atoms with E-state index in [1.165, 1.54) is 0 Å². The van der Waals surface area contributed by atoms with Gasteiger partial charge in [0.1, 0.15) is 12.1 Å². The SMILES string of the molecule is CC(C)C(NC(=O)C1COCCN1)C(N)=O. The Morgan fingerprint density at radius 2 is 2.19 bits per heavy atom. The van der Waals surface area contributed by atoms with Crippen molar-refractivity contribution in [3.63, 3.8) is 0 Å². The summed E-state index contributed by atoms with van der Waals surface area (Å²) in [4.78, 5) is 22.9. The van der Waals surface area contributed by atoms with Crippen LogP contribution in [0.15, 0.2) is 0 Å². The summed E-state index contributed by atoms with van der Waals surface area (Å²) < 4.78 is 5.17. The molecule has 2 unspecified atom stereocenters. The molecule has 0 aromatic rings. The third-order valence-corrected chi connectivity index (χ3v) is 2.51. The number of carbonyl (C=O) groups excluding carboxylic acids is 2. The highest BCUT2D eigenvalue weighted by atomic mass is 16.5. The van der Waals surface area contributed by atoms with Crippen LogP contribution in [0.4, 0.5) is 0 Å². The average Bonchev–Trinajstić information content (AvgIpc) is 2.25. The molecule has 2 amide bonds. The minimum absolute atomic E-state index is 0.0223. The van der Waals surface area contributed by atoms with Gasteiger partial charge in [-0.15, -0.1) is 0 Å². The molecule has 6 heteroatoms. The largest absolute Gasteiger partial charge is 0.378 e. The van der Waals surface area contributed by atoms with Crippen LogP contribution in [0.25, 0.3) is 0 Å². The summed E-state index contributed by atoms with van der Waals surface area (Å²) >= 11 is 0. The van der Waals surface area contributed by atoms with E-state index in [1.54, 1.807) is 0 Å². The molecule has 1 saturated heterocycles. The highest BCUT2D eigenvalue weighted by Crippen LogP contribution is 2.02. The van der Waals surface area contributed by atoms with E-state index in [4.69, 9.17) is 10.5 Å². The maximum absolute atomic E-state index is 11.8. The van der Waals surface area contributed by atoms with Crippen LogP contribution in [0.1, 0.15) is 13.8 Å². The maximum atomic E-state index is 11.8. The van der Waals surface area contributed by atoms with Crippen molar-refractivity contribution in [3.8, 4) is 0 Å². The number of ether oxygens (including phenoxy) is 1. The molecule has 16 heavy (non-hydrogen) atoms. The van der Waals surface area contributed by atoms with Crippen molar-refractivity contribution in [1.29, 1.82) is 0 Å². The molecule has 0 saturated carbocycles. The third-order valence-electron chi connectivity index (χ3n) is 2.51. The van der Waals surface area contributed by atoms with Crippen molar-refractivity contribution in [2.75, 3.05) is 19.8 Å². The van der Waals surface area contributed by atoms with Gasteiger partial charge in [0.25, 0.3) is 0 Å². The number of carbonyl (C=O) groups is 2. The zero-order valence-corrected chi connectivity index (χ0v) is 9.66. The van der Waals surface area contributed by atoms with Gasteiger partial charge in [0, 0.05) is 6.54 Å². The van der Waals surface area contributed by atoms with Crippen molar-refractivity contribution in [2.24, 2.45) is 11.7 Å². The normalized spacial score (nSPS) is 22.8. The molecule has 2 atom stereocenters. The van der Waals surface area contributed by atoms with E-state index in [1.807, 2.05) is 13.8 Å². The lowest BCUT2D eigenvalue weighted by atomic mass is 10.0. The highest BCUT2D eigenvalue weighted by molar-refractivity contribution is 5.89. The van der Waals surface area contributed by atoms with Crippen LogP contribution in [-0.2, 0) is 14.3 Å². The maximum Gasteiger partial charge on any atom is 0.240 e. The van der Waals surface area contributed by atoms with Crippen molar-refractivity contribution in [2.45, 2.75) is 25.9 Å². The van der Waals surface area contributed by atoms with Gasteiger partial charge in [-0.25, -0.2) is 0 Å². The van der Waals surface area contributed by atoms with Gasteiger partial charge < -0.3 is 21.1 Å². The number of morpholine rings is 1.